The van der Waals surface area contributed by atoms with Crippen molar-refractivity contribution in [1.82, 2.24) is 19.7 Å². The van der Waals surface area contributed by atoms with Crippen LogP contribution in [0.3, 0.4) is 0 Å². The summed E-state index contributed by atoms with van der Waals surface area (Å²) in [5.74, 6) is 0.786. The van der Waals surface area contributed by atoms with E-state index in [0.29, 0.717) is 23.3 Å². The topological polar surface area (TPSA) is 72.8 Å². The molecule has 6 nitrogen and oxygen atoms in total. The van der Waals surface area contributed by atoms with Crippen molar-refractivity contribution in [3.05, 3.63) is 64.8 Å². The molecular weight excluding hydrogens is 432 g/mol. The van der Waals surface area contributed by atoms with Crippen LogP contribution < -0.4 is 0 Å². The molecule has 4 rings (SSSR count). The number of nitrogens with one attached hydrogen (secondary N) is 1. The molecule has 1 atom stereocenters. The van der Waals surface area contributed by atoms with E-state index in [1.165, 1.54) is 11.8 Å². The number of carbonyl (C=O) groups excluding carboxylic acids is 1. The molecule has 0 saturated carbocycles. The van der Waals surface area contributed by atoms with Gasteiger partial charge < -0.3 is 9.72 Å². The van der Waals surface area contributed by atoms with E-state index in [9.17, 15) is 4.79 Å². The Kier molecular flexibility index (Phi) is 6.46. The van der Waals surface area contributed by atoms with E-state index in [-0.39, 0.29) is 11.0 Å². The Morgan fingerprint density at radius 2 is 1.94 bits per heavy atom. The summed E-state index contributed by atoms with van der Waals surface area (Å²) in [7, 11) is 1.66. The number of benzene rings is 2. The number of Topliss-reactive ketones (excluding diaryl/α,β-unsaturated/α-hetero) is 1. The lowest BCUT2D eigenvalue weighted by Gasteiger charge is -2.13. The summed E-state index contributed by atoms with van der Waals surface area (Å²) >= 11 is 7.43. The van der Waals surface area contributed by atoms with Crippen molar-refractivity contribution in [2.75, 3.05) is 13.7 Å². The van der Waals surface area contributed by atoms with E-state index in [0.717, 1.165) is 33.5 Å². The van der Waals surface area contributed by atoms with E-state index in [4.69, 9.17) is 16.3 Å². The zero-order valence-corrected chi connectivity index (χ0v) is 19.1. The van der Waals surface area contributed by atoms with Gasteiger partial charge in [-0.1, -0.05) is 41.6 Å². The minimum atomic E-state index is -0.332. The lowest BCUT2D eigenvalue weighted by Crippen LogP contribution is -2.16. The van der Waals surface area contributed by atoms with Crippen molar-refractivity contribution >= 4 is 40.0 Å². The number of ketones is 1. The van der Waals surface area contributed by atoms with Gasteiger partial charge in [0.25, 0.3) is 0 Å². The Bertz CT molecular complexity index is 1220. The van der Waals surface area contributed by atoms with Gasteiger partial charge >= 0.3 is 0 Å². The van der Waals surface area contributed by atoms with Crippen molar-refractivity contribution in [2.24, 2.45) is 0 Å². The molecule has 2 heterocycles. The van der Waals surface area contributed by atoms with Gasteiger partial charge in [-0.3, -0.25) is 9.36 Å². The first-order chi connectivity index (χ1) is 15.0. The van der Waals surface area contributed by atoms with Crippen LogP contribution in [0.4, 0.5) is 0 Å². The molecule has 0 radical (unpaired) electrons. The number of H-pyrrole nitrogens is 1. The quantitative estimate of drug-likeness (QED) is 0.285. The van der Waals surface area contributed by atoms with Crippen LogP contribution >= 0.6 is 23.4 Å². The number of nitrogens with zero attached hydrogens (tertiary/aromatic N) is 3. The van der Waals surface area contributed by atoms with E-state index < -0.39 is 0 Å². The van der Waals surface area contributed by atoms with Crippen LogP contribution in [0.2, 0.25) is 5.02 Å². The molecule has 4 aromatic rings. The van der Waals surface area contributed by atoms with Crippen LogP contribution in [0.5, 0.6) is 0 Å². The molecule has 31 heavy (non-hydrogen) atoms. The molecule has 0 saturated heterocycles. The average Bonchev–Trinajstić information content (AvgIpc) is 3.31. The van der Waals surface area contributed by atoms with Gasteiger partial charge in [0.1, 0.15) is 0 Å². The normalized spacial score (nSPS) is 12.4. The second-order valence-corrected chi connectivity index (χ2v) is 9.00. The fourth-order valence-electron chi connectivity index (χ4n) is 3.58. The van der Waals surface area contributed by atoms with Crippen molar-refractivity contribution in [1.29, 1.82) is 0 Å². The van der Waals surface area contributed by atoms with Crippen molar-refractivity contribution in [3.8, 4) is 11.4 Å². The van der Waals surface area contributed by atoms with Gasteiger partial charge in [0, 0.05) is 39.9 Å². The lowest BCUT2D eigenvalue weighted by atomic mass is 10.1. The van der Waals surface area contributed by atoms with Crippen LogP contribution in [-0.4, -0.2) is 44.5 Å². The fourth-order valence-corrected chi connectivity index (χ4v) is 4.64. The van der Waals surface area contributed by atoms with Gasteiger partial charge in [0.2, 0.25) is 0 Å². The monoisotopic (exact) mass is 454 g/mol. The highest BCUT2D eigenvalue weighted by molar-refractivity contribution is 8.00. The van der Waals surface area contributed by atoms with Crippen LogP contribution in [-0.2, 0) is 11.3 Å². The van der Waals surface area contributed by atoms with Gasteiger partial charge in [-0.2, -0.15) is 0 Å². The molecule has 0 spiro atoms. The summed E-state index contributed by atoms with van der Waals surface area (Å²) in [6.07, 6.45) is 0. The highest BCUT2D eigenvalue weighted by atomic mass is 35.5. The van der Waals surface area contributed by atoms with Crippen LogP contribution in [0.1, 0.15) is 23.0 Å². The Balaban J connectivity index is 1.64. The molecule has 0 fully saturated rings. The third-order valence-corrected chi connectivity index (χ3v) is 6.46. The minimum Gasteiger partial charge on any atom is -0.383 e. The number of aryl methyl sites for hydroxylation is 1. The van der Waals surface area contributed by atoms with Gasteiger partial charge in [0.15, 0.2) is 16.8 Å². The number of para-hydroxylation sites is 1. The van der Waals surface area contributed by atoms with Crippen LogP contribution in [0.25, 0.3) is 22.3 Å². The van der Waals surface area contributed by atoms with E-state index >= 15 is 0 Å². The van der Waals surface area contributed by atoms with E-state index in [2.05, 4.69) is 15.2 Å². The number of ether oxygens (including phenoxy) is 1. The standard InChI is InChI=1S/C23H23ClN4O2S/c1-14-20(18-6-4-5-7-19(18)25-14)21(29)15(2)31-23-27-26-22(28(23)12-13-30-3)16-8-10-17(24)11-9-16/h4-11,15,25H,12-13H2,1-3H3/t15-/m1/s1. The maximum absolute atomic E-state index is 13.3. The molecule has 0 aliphatic heterocycles. The number of thioether (sulfide) groups is 1. The minimum absolute atomic E-state index is 0.0642. The van der Waals surface area contributed by atoms with Crippen molar-refractivity contribution < 1.29 is 9.53 Å². The second-order valence-electron chi connectivity index (χ2n) is 7.25. The molecule has 0 aliphatic rings. The largest absolute Gasteiger partial charge is 0.383 e. The summed E-state index contributed by atoms with van der Waals surface area (Å²) in [6.45, 7) is 4.93. The Morgan fingerprint density at radius 3 is 2.68 bits per heavy atom. The predicted molar refractivity (Wildman–Crippen MR) is 125 cm³/mol. The van der Waals surface area contributed by atoms with Crippen LogP contribution in [0, 0.1) is 6.92 Å². The number of methoxy groups -OCH3 is 1. The average molecular weight is 455 g/mol. The summed E-state index contributed by atoms with van der Waals surface area (Å²) in [6, 6.07) is 15.3. The van der Waals surface area contributed by atoms with Crippen LogP contribution in [0.15, 0.2) is 53.7 Å². The number of aromatic amines is 1. The molecule has 160 valence electrons. The fraction of sp³-hybridized carbons (Fsp3) is 0.261. The van der Waals surface area contributed by atoms with Gasteiger partial charge in [-0.05, 0) is 44.2 Å². The molecule has 0 unspecified atom stereocenters. The first kappa shape index (κ1) is 21.6. The molecule has 2 aromatic heterocycles. The molecular formula is C23H23ClN4O2S. The zero-order valence-electron chi connectivity index (χ0n) is 17.6. The van der Waals surface area contributed by atoms with Gasteiger partial charge in [-0.25, -0.2) is 0 Å². The molecule has 0 amide bonds. The number of aromatic nitrogens is 4. The molecule has 1 N–H and O–H groups in total. The van der Waals surface area contributed by atoms with E-state index in [1.807, 2.05) is 66.9 Å². The maximum Gasteiger partial charge on any atom is 0.192 e. The third-order valence-electron chi connectivity index (χ3n) is 5.13. The summed E-state index contributed by atoms with van der Waals surface area (Å²) in [5.41, 5.74) is 3.48. The van der Waals surface area contributed by atoms with Gasteiger partial charge in [-0.15, -0.1) is 10.2 Å². The number of rotatable bonds is 8. The molecule has 0 bridgehead atoms. The summed E-state index contributed by atoms with van der Waals surface area (Å²) in [4.78, 5) is 16.7. The Labute approximate surface area is 190 Å². The number of carbonyl (C=O) groups is 1. The first-order valence-corrected chi connectivity index (χ1v) is 11.2. The zero-order chi connectivity index (χ0) is 22.0. The number of fused-ring (bicyclic) bond motifs is 1. The Morgan fingerprint density at radius 1 is 1.19 bits per heavy atom. The van der Waals surface area contributed by atoms with Crippen molar-refractivity contribution in [3.63, 3.8) is 0 Å². The number of halogens is 1. The highest BCUT2D eigenvalue weighted by Crippen LogP contribution is 2.31. The summed E-state index contributed by atoms with van der Waals surface area (Å²) < 4.78 is 7.27. The second kappa shape index (κ2) is 9.26. The van der Waals surface area contributed by atoms with E-state index in [1.54, 1.807) is 7.11 Å². The molecule has 2 aromatic carbocycles. The molecule has 8 heteroatoms. The van der Waals surface area contributed by atoms with Crippen molar-refractivity contribution in [2.45, 2.75) is 30.8 Å². The molecule has 0 aliphatic carbocycles. The van der Waals surface area contributed by atoms with Gasteiger partial charge in [0.05, 0.1) is 18.4 Å². The highest BCUT2D eigenvalue weighted by Gasteiger charge is 2.25. The predicted octanol–water partition coefficient (Wildman–Crippen LogP) is 5.40. The summed E-state index contributed by atoms with van der Waals surface area (Å²) in [5, 5.41) is 10.7. The third kappa shape index (κ3) is 4.39. The lowest BCUT2D eigenvalue weighted by molar-refractivity contribution is 0.0995. The first-order valence-electron chi connectivity index (χ1n) is 9.96. The maximum atomic E-state index is 13.3. The Hall–Kier alpha value is -2.61. The smallest absolute Gasteiger partial charge is 0.192 e. The number of hydrogen-bond acceptors (Lipinski definition) is 5. The number of hydrogen-bond donors (Lipinski definition) is 1. The SMILES string of the molecule is COCCn1c(S[C@H](C)C(=O)c2c(C)[nH]c3ccccc23)nnc1-c1ccc(Cl)cc1.